The van der Waals surface area contributed by atoms with Gasteiger partial charge in [-0.25, -0.2) is 9.78 Å². The van der Waals surface area contributed by atoms with Crippen LogP contribution >= 0.6 is 0 Å². The van der Waals surface area contributed by atoms with E-state index in [-0.39, 0.29) is 5.82 Å². The average molecular weight is 446 g/mol. The number of amides is 2. The highest BCUT2D eigenvalue weighted by molar-refractivity contribution is 6.00. The molecule has 3 rings (SSSR count). The highest BCUT2D eigenvalue weighted by atomic mass is 19.4. The number of anilines is 3. The van der Waals surface area contributed by atoms with Crippen LogP contribution in [0.5, 0.6) is 0 Å². The Hall–Kier alpha value is -3.40. The highest BCUT2D eigenvalue weighted by Gasteiger charge is 2.34. The number of nitrogens with one attached hydrogen (secondary N) is 3. The number of benzene rings is 2. The number of rotatable bonds is 7. The number of hydrogen-bond donors (Lipinski definition) is 3. The van der Waals surface area contributed by atoms with Crippen LogP contribution in [0, 0.1) is 6.92 Å². The van der Waals surface area contributed by atoms with Crippen LogP contribution in [0.15, 0.2) is 42.5 Å². The molecule has 0 aliphatic heterocycles. The third kappa shape index (κ3) is 6.55. The van der Waals surface area contributed by atoms with Gasteiger partial charge < -0.3 is 15.5 Å². The molecule has 2 aromatic carbocycles. The SMILES string of the molecule is Cc1ccc2ccc(NC(=O)Nc3nc(NCCCN(C)C)cc(C(F)(F)F)n3)cc2c1. The summed E-state index contributed by atoms with van der Waals surface area (Å²) >= 11 is 0. The van der Waals surface area contributed by atoms with Gasteiger partial charge in [-0.05, 0) is 56.9 Å². The van der Waals surface area contributed by atoms with Crippen LogP contribution in [0.1, 0.15) is 17.7 Å². The number of fused-ring (bicyclic) bond motifs is 1. The number of aromatic nitrogens is 2. The van der Waals surface area contributed by atoms with Crippen molar-refractivity contribution in [3.63, 3.8) is 0 Å². The van der Waals surface area contributed by atoms with Crippen LogP contribution in [-0.2, 0) is 6.18 Å². The lowest BCUT2D eigenvalue weighted by Gasteiger charge is -2.14. The lowest BCUT2D eigenvalue weighted by Crippen LogP contribution is -2.23. The summed E-state index contributed by atoms with van der Waals surface area (Å²) in [5.74, 6) is -0.452. The van der Waals surface area contributed by atoms with Gasteiger partial charge in [0.05, 0.1) is 0 Å². The van der Waals surface area contributed by atoms with E-state index in [2.05, 4.69) is 25.9 Å². The van der Waals surface area contributed by atoms with Crippen LogP contribution in [0.3, 0.4) is 0 Å². The third-order valence-corrected chi connectivity index (χ3v) is 4.58. The zero-order chi connectivity index (χ0) is 23.3. The molecule has 1 aromatic heterocycles. The van der Waals surface area contributed by atoms with Crippen molar-refractivity contribution >= 4 is 34.3 Å². The van der Waals surface area contributed by atoms with E-state index in [1.165, 1.54) is 0 Å². The van der Waals surface area contributed by atoms with Gasteiger partial charge in [0.2, 0.25) is 5.95 Å². The van der Waals surface area contributed by atoms with Crippen molar-refractivity contribution in [3.05, 3.63) is 53.7 Å². The maximum atomic E-state index is 13.3. The molecule has 0 aliphatic carbocycles. The first kappa shape index (κ1) is 23.3. The van der Waals surface area contributed by atoms with E-state index in [0.29, 0.717) is 18.7 Å². The number of aryl methyl sites for hydroxylation is 1. The standard InChI is InChI=1S/C22H25F3N6O/c1-14-5-6-15-7-8-17(12-16(15)11-14)27-21(32)30-20-28-18(22(23,24)25)13-19(29-20)26-9-4-10-31(2)3/h5-8,11-13H,4,9-10H2,1-3H3,(H3,26,27,28,29,30,32). The van der Waals surface area contributed by atoms with Gasteiger partial charge in [0, 0.05) is 18.3 Å². The molecular weight excluding hydrogens is 421 g/mol. The second-order valence-electron chi connectivity index (χ2n) is 7.69. The quantitative estimate of drug-likeness (QED) is 0.447. The number of carbonyl (C=O) groups is 1. The minimum atomic E-state index is -4.67. The molecule has 2 amide bonds. The van der Waals surface area contributed by atoms with Gasteiger partial charge in [-0.2, -0.15) is 18.2 Å². The van der Waals surface area contributed by atoms with Gasteiger partial charge in [-0.3, -0.25) is 5.32 Å². The Bertz CT molecular complexity index is 1100. The molecule has 0 saturated carbocycles. The van der Waals surface area contributed by atoms with Crippen LogP contribution in [0.2, 0.25) is 0 Å². The predicted molar refractivity (Wildman–Crippen MR) is 120 cm³/mol. The van der Waals surface area contributed by atoms with Gasteiger partial charge >= 0.3 is 12.2 Å². The van der Waals surface area contributed by atoms with E-state index in [9.17, 15) is 18.0 Å². The molecule has 0 saturated heterocycles. The largest absolute Gasteiger partial charge is 0.433 e. The van der Waals surface area contributed by atoms with Gasteiger partial charge in [0.15, 0.2) is 5.69 Å². The summed E-state index contributed by atoms with van der Waals surface area (Å²) < 4.78 is 39.8. The molecule has 0 atom stereocenters. The van der Waals surface area contributed by atoms with Gasteiger partial charge in [0.1, 0.15) is 5.82 Å². The molecule has 7 nitrogen and oxygen atoms in total. The van der Waals surface area contributed by atoms with E-state index in [1.54, 1.807) is 12.1 Å². The number of alkyl halides is 3. The zero-order valence-electron chi connectivity index (χ0n) is 18.0. The summed E-state index contributed by atoms with van der Waals surface area (Å²) in [4.78, 5) is 21.8. The first-order valence-electron chi connectivity index (χ1n) is 10.0. The number of hydrogen-bond acceptors (Lipinski definition) is 5. The maximum Gasteiger partial charge on any atom is 0.433 e. The molecule has 170 valence electrons. The Morgan fingerprint density at radius 2 is 1.75 bits per heavy atom. The van der Waals surface area contributed by atoms with Crippen molar-refractivity contribution in [3.8, 4) is 0 Å². The second-order valence-corrected chi connectivity index (χ2v) is 7.69. The van der Waals surface area contributed by atoms with E-state index < -0.39 is 23.8 Å². The topological polar surface area (TPSA) is 82.2 Å². The van der Waals surface area contributed by atoms with Gasteiger partial charge in [-0.15, -0.1) is 0 Å². The van der Waals surface area contributed by atoms with Crippen molar-refractivity contribution in [2.75, 3.05) is 43.1 Å². The van der Waals surface area contributed by atoms with E-state index >= 15 is 0 Å². The lowest BCUT2D eigenvalue weighted by atomic mass is 10.1. The Labute approximate surface area is 184 Å². The first-order chi connectivity index (χ1) is 15.1. The molecule has 32 heavy (non-hydrogen) atoms. The first-order valence-corrected chi connectivity index (χ1v) is 10.0. The van der Waals surface area contributed by atoms with Gasteiger partial charge in [0.25, 0.3) is 0 Å². The van der Waals surface area contributed by atoms with Crippen molar-refractivity contribution in [2.45, 2.75) is 19.5 Å². The molecule has 0 fully saturated rings. The average Bonchev–Trinajstić information content (AvgIpc) is 2.70. The number of nitrogens with zero attached hydrogens (tertiary/aromatic N) is 3. The van der Waals surface area contributed by atoms with Gasteiger partial charge in [-0.1, -0.05) is 29.8 Å². The molecule has 0 spiro atoms. The third-order valence-electron chi connectivity index (χ3n) is 4.58. The lowest BCUT2D eigenvalue weighted by molar-refractivity contribution is -0.141. The number of carbonyl (C=O) groups excluding carboxylic acids is 1. The van der Waals surface area contributed by atoms with Crippen molar-refractivity contribution in [1.29, 1.82) is 0 Å². The summed E-state index contributed by atoms with van der Waals surface area (Å²) in [5, 5.41) is 9.69. The molecular formula is C22H25F3N6O. The zero-order valence-corrected chi connectivity index (χ0v) is 18.0. The second kappa shape index (κ2) is 9.82. The monoisotopic (exact) mass is 446 g/mol. The summed E-state index contributed by atoms with van der Waals surface area (Å²) in [6.07, 6.45) is -3.96. The molecule has 3 N–H and O–H groups in total. The fourth-order valence-electron chi connectivity index (χ4n) is 3.06. The molecule has 0 unspecified atom stereocenters. The number of urea groups is 1. The predicted octanol–water partition coefficient (Wildman–Crippen LogP) is 4.96. The normalized spacial score (nSPS) is 11.6. The van der Waals surface area contributed by atoms with Crippen LogP contribution < -0.4 is 16.0 Å². The summed E-state index contributed by atoms with van der Waals surface area (Å²) in [7, 11) is 3.81. The molecule has 10 heteroatoms. The Morgan fingerprint density at radius 1 is 1.00 bits per heavy atom. The molecule has 3 aromatic rings. The Balaban J connectivity index is 1.73. The minimum absolute atomic E-state index is 0.0115. The van der Waals surface area contributed by atoms with Crippen molar-refractivity contribution < 1.29 is 18.0 Å². The smallest absolute Gasteiger partial charge is 0.370 e. The summed E-state index contributed by atoms with van der Waals surface area (Å²) in [6.45, 7) is 3.15. The van der Waals surface area contributed by atoms with E-state index in [1.807, 2.05) is 50.2 Å². The van der Waals surface area contributed by atoms with E-state index in [0.717, 1.165) is 28.9 Å². The number of halogens is 3. The van der Waals surface area contributed by atoms with E-state index in [4.69, 9.17) is 0 Å². The van der Waals surface area contributed by atoms with Crippen LogP contribution in [-0.4, -0.2) is 48.1 Å². The Kier molecular flexibility index (Phi) is 7.14. The maximum absolute atomic E-state index is 13.3. The minimum Gasteiger partial charge on any atom is -0.370 e. The van der Waals surface area contributed by atoms with Crippen molar-refractivity contribution in [2.24, 2.45) is 0 Å². The fraction of sp³-hybridized carbons (Fsp3) is 0.318. The Morgan fingerprint density at radius 3 is 2.47 bits per heavy atom. The molecule has 0 radical (unpaired) electrons. The summed E-state index contributed by atoms with van der Waals surface area (Å²) in [5.41, 5.74) is 0.427. The van der Waals surface area contributed by atoms with Crippen molar-refractivity contribution in [1.82, 2.24) is 14.9 Å². The molecule has 1 heterocycles. The summed E-state index contributed by atoms with van der Waals surface area (Å²) in [6, 6.07) is 11.4. The molecule has 0 bridgehead atoms. The highest BCUT2D eigenvalue weighted by Crippen LogP contribution is 2.29. The molecule has 0 aliphatic rings. The van der Waals surface area contributed by atoms with Crippen LogP contribution in [0.25, 0.3) is 10.8 Å². The van der Waals surface area contributed by atoms with Crippen LogP contribution in [0.4, 0.5) is 35.4 Å². The fourth-order valence-corrected chi connectivity index (χ4v) is 3.06.